The second-order valence-electron chi connectivity index (χ2n) is 2.55. The Morgan fingerprint density at radius 1 is 1.54 bits per heavy atom. The Balaban J connectivity index is 3.91. The molecule has 0 aromatic carbocycles. The first-order valence-electron chi connectivity index (χ1n) is 3.76. The van der Waals surface area contributed by atoms with Crippen molar-refractivity contribution in [3.63, 3.8) is 0 Å². The molecular formula is C7H13N3O2S. The first-order valence-corrected chi connectivity index (χ1v) is 4.17. The van der Waals surface area contributed by atoms with Crippen LogP contribution in [0.2, 0.25) is 0 Å². The molecule has 0 aliphatic rings. The number of nitrogens with two attached hydrogens (primary N) is 1. The minimum Gasteiger partial charge on any atom is -0.393 e. The Hall–Kier alpha value is -1.17. The zero-order valence-electron chi connectivity index (χ0n) is 7.59. The van der Waals surface area contributed by atoms with Gasteiger partial charge in [-0.15, -0.1) is 0 Å². The van der Waals surface area contributed by atoms with Gasteiger partial charge in [-0.25, -0.2) is 0 Å². The molecule has 1 unspecified atom stereocenters. The molecule has 74 valence electrons. The molecule has 2 amide bonds. The van der Waals surface area contributed by atoms with E-state index in [9.17, 15) is 9.59 Å². The van der Waals surface area contributed by atoms with E-state index in [2.05, 4.69) is 22.9 Å². The standard InChI is InChI=1S/C7H13N3O2S/c1-4(7(12)9-2)10-6(11)3-5(8)13/h4H,3H2,1-2H3,(H2,8,13)(H,9,12)(H,10,11). The van der Waals surface area contributed by atoms with Crippen LogP contribution in [0.5, 0.6) is 0 Å². The van der Waals surface area contributed by atoms with Crippen LogP contribution >= 0.6 is 12.2 Å². The number of amides is 2. The van der Waals surface area contributed by atoms with E-state index in [1.165, 1.54) is 7.05 Å². The van der Waals surface area contributed by atoms with E-state index in [0.29, 0.717) is 0 Å². The third-order valence-electron chi connectivity index (χ3n) is 1.35. The number of rotatable bonds is 4. The Labute approximate surface area is 82.1 Å². The van der Waals surface area contributed by atoms with Crippen LogP contribution in [-0.4, -0.2) is 29.9 Å². The highest BCUT2D eigenvalue weighted by atomic mass is 32.1. The van der Waals surface area contributed by atoms with Gasteiger partial charge in [-0.1, -0.05) is 12.2 Å². The molecule has 1 atom stereocenters. The topological polar surface area (TPSA) is 84.2 Å². The van der Waals surface area contributed by atoms with Crippen molar-refractivity contribution in [2.45, 2.75) is 19.4 Å². The third-order valence-corrected chi connectivity index (χ3v) is 1.50. The van der Waals surface area contributed by atoms with Gasteiger partial charge in [0.2, 0.25) is 11.8 Å². The van der Waals surface area contributed by atoms with Crippen LogP contribution in [0.1, 0.15) is 13.3 Å². The third kappa shape index (κ3) is 5.13. The Morgan fingerprint density at radius 2 is 2.08 bits per heavy atom. The smallest absolute Gasteiger partial charge is 0.242 e. The SMILES string of the molecule is CNC(=O)C(C)NC(=O)CC(N)=S. The minimum atomic E-state index is -0.563. The molecule has 0 aromatic heterocycles. The predicted molar refractivity (Wildman–Crippen MR) is 53.1 cm³/mol. The molecule has 4 N–H and O–H groups in total. The van der Waals surface area contributed by atoms with E-state index in [-0.39, 0.29) is 23.2 Å². The summed E-state index contributed by atoms with van der Waals surface area (Å²) in [7, 11) is 1.50. The van der Waals surface area contributed by atoms with Gasteiger partial charge in [0.15, 0.2) is 0 Å². The van der Waals surface area contributed by atoms with Gasteiger partial charge in [-0.2, -0.15) is 0 Å². The lowest BCUT2D eigenvalue weighted by Crippen LogP contribution is -2.44. The van der Waals surface area contributed by atoms with E-state index in [0.717, 1.165) is 0 Å². The van der Waals surface area contributed by atoms with Gasteiger partial charge < -0.3 is 16.4 Å². The fraction of sp³-hybridized carbons (Fsp3) is 0.571. The number of thiocarbonyl (C=S) groups is 1. The molecule has 5 nitrogen and oxygen atoms in total. The summed E-state index contributed by atoms with van der Waals surface area (Å²) in [5.74, 6) is -0.597. The van der Waals surface area contributed by atoms with E-state index in [4.69, 9.17) is 5.73 Å². The van der Waals surface area contributed by atoms with Crippen molar-refractivity contribution in [2.24, 2.45) is 5.73 Å². The van der Waals surface area contributed by atoms with Gasteiger partial charge in [0.25, 0.3) is 0 Å². The van der Waals surface area contributed by atoms with Crippen LogP contribution in [0.15, 0.2) is 0 Å². The zero-order chi connectivity index (χ0) is 10.4. The molecule has 0 aromatic rings. The maximum Gasteiger partial charge on any atom is 0.242 e. The highest BCUT2D eigenvalue weighted by Crippen LogP contribution is 1.85. The molecule has 0 radical (unpaired) electrons. The van der Waals surface area contributed by atoms with Crippen molar-refractivity contribution in [3.8, 4) is 0 Å². The molecule has 0 saturated carbocycles. The first kappa shape index (κ1) is 11.8. The normalized spacial score (nSPS) is 11.5. The average molecular weight is 203 g/mol. The fourth-order valence-corrected chi connectivity index (χ4v) is 0.864. The van der Waals surface area contributed by atoms with Crippen molar-refractivity contribution in [3.05, 3.63) is 0 Å². The van der Waals surface area contributed by atoms with Crippen LogP contribution in [0, 0.1) is 0 Å². The molecular weight excluding hydrogens is 190 g/mol. The van der Waals surface area contributed by atoms with Crippen molar-refractivity contribution in [2.75, 3.05) is 7.05 Å². The molecule has 6 heteroatoms. The number of hydrogen-bond donors (Lipinski definition) is 3. The number of likely N-dealkylation sites (N-methyl/N-ethyl adjacent to an activating group) is 1. The van der Waals surface area contributed by atoms with Crippen LogP contribution < -0.4 is 16.4 Å². The van der Waals surface area contributed by atoms with Crippen molar-refractivity contribution in [1.82, 2.24) is 10.6 Å². The van der Waals surface area contributed by atoms with Gasteiger partial charge in [0.05, 0.1) is 11.4 Å². The summed E-state index contributed by atoms with van der Waals surface area (Å²) >= 11 is 4.54. The fourth-order valence-electron chi connectivity index (χ4n) is 0.733. The Morgan fingerprint density at radius 3 is 2.46 bits per heavy atom. The number of carbonyl (C=O) groups excluding carboxylic acids is 2. The maximum absolute atomic E-state index is 11.0. The highest BCUT2D eigenvalue weighted by Gasteiger charge is 2.13. The van der Waals surface area contributed by atoms with E-state index >= 15 is 0 Å². The summed E-state index contributed by atoms with van der Waals surface area (Å²) in [6, 6.07) is -0.563. The predicted octanol–water partition coefficient (Wildman–Crippen LogP) is -1.09. The molecule has 0 aliphatic carbocycles. The van der Waals surface area contributed by atoms with Crippen molar-refractivity contribution < 1.29 is 9.59 Å². The zero-order valence-corrected chi connectivity index (χ0v) is 8.40. The highest BCUT2D eigenvalue weighted by molar-refractivity contribution is 7.80. The Bertz CT molecular complexity index is 230. The Kier molecular flexibility index (Phi) is 4.98. The molecule has 0 spiro atoms. The molecule has 0 saturated heterocycles. The molecule has 0 fully saturated rings. The largest absolute Gasteiger partial charge is 0.393 e. The lowest BCUT2D eigenvalue weighted by Gasteiger charge is -2.11. The van der Waals surface area contributed by atoms with Crippen LogP contribution in [0.4, 0.5) is 0 Å². The summed E-state index contributed by atoms with van der Waals surface area (Å²) in [4.78, 5) is 22.1. The summed E-state index contributed by atoms with van der Waals surface area (Å²) in [5.41, 5.74) is 5.15. The van der Waals surface area contributed by atoms with Gasteiger partial charge in [-0.3, -0.25) is 9.59 Å². The number of carbonyl (C=O) groups is 2. The number of nitrogens with one attached hydrogen (secondary N) is 2. The molecule has 0 rings (SSSR count). The molecule has 0 bridgehead atoms. The van der Waals surface area contributed by atoms with Gasteiger partial charge in [-0.05, 0) is 6.92 Å². The molecule has 13 heavy (non-hydrogen) atoms. The van der Waals surface area contributed by atoms with Crippen LogP contribution in [0.25, 0.3) is 0 Å². The summed E-state index contributed by atoms with van der Waals surface area (Å²) in [6.45, 7) is 1.58. The van der Waals surface area contributed by atoms with E-state index < -0.39 is 6.04 Å². The lowest BCUT2D eigenvalue weighted by molar-refractivity contribution is -0.127. The second kappa shape index (κ2) is 5.47. The van der Waals surface area contributed by atoms with Crippen molar-refractivity contribution >= 4 is 29.0 Å². The minimum absolute atomic E-state index is 0.0311. The van der Waals surface area contributed by atoms with Gasteiger partial charge in [0, 0.05) is 7.05 Å². The van der Waals surface area contributed by atoms with Gasteiger partial charge >= 0.3 is 0 Å². The summed E-state index contributed by atoms with van der Waals surface area (Å²) in [6.07, 6.45) is -0.0311. The summed E-state index contributed by atoms with van der Waals surface area (Å²) < 4.78 is 0. The van der Waals surface area contributed by atoms with Crippen molar-refractivity contribution in [1.29, 1.82) is 0 Å². The molecule has 0 aliphatic heterocycles. The average Bonchev–Trinajstić information content (AvgIpc) is 2.01. The quantitative estimate of drug-likeness (QED) is 0.507. The molecule has 0 heterocycles. The lowest BCUT2D eigenvalue weighted by atomic mass is 10.3. The summed E-state index contributed by atoms with van der Waals surface area (Å²) in [5, 5.41) is 4.85. The maximum atomic E-state index is 11.0. The second-order valence-corrected chi connectivity index (χ2v) is 3.07. The number of hydrogen-bond acceptors (Lipinski definition) is 3. The monoisotopic (exact) mass is 203 g/mol. The van der Waals surface area contributed by atoms with Crippen LogP contribution in [-0.2, 0) is 9.59 Å². The van der Waals surface area contributed by atoms with E-state index in [1.807, 2.05) is 0 Å². The van der Waals surface area contributed by atoms with Crippen LogP contribution in [0.3, 0.4) is 0 Å². The van der Waals surface area contributed by atoms with Gasteiger partial charge in [0.1, 0.15) is 6.04 Å². The first-order chi connectivity index (χ1) is 5.97. The van der Waals surface area contributed by atoms with E-state index in [1.54, 1.807) is 6.92 Å².